The van der Waals surface area contributed by atoms with E-state index in [1.54, 1.807) is 26.0 Å². The maximum Gasteiger partial charge on any atom is 0.303 e. The predicted molar refractivity (Wildman–Crippen MR) is 122 cm³/mol. The Morgan fingerprint density at radius 1 is 1.21 bits per heavy atom. The Morgan fingerprint density at radius 2 is 1.97 bits per heavy atom. The number of rotatable bonds is 11. The summed E-state index contributed by atoms with van der Waals surface area (Å²) >= 11 is 0. The lowest BCUT2D eigenvalue weighted by Crippen LogP contribution is -2.39. The van der Waals surface area contributed by atoms with Crippen LogP contribution in [0.3, 0.4) is 0 Å². The number of nitrogens with zero attached hydrogens (tertiary/aromatic N) is 1. The van der Waals surface area contributed by atoms with Crippen LogP contribution in [-0.2, 0) is 22.4 Å². The SMILES string of the molecule is Cc1ccc(C[C@@H]2CCCN2C[C@@H](O)CO[C@H](C)c2cc(F)cc(F)c2CCC(=O)O)cc1F. The molecular weight excluding hydrogens is 447 g/mol. The van der Waals surface area contributed by atoms with Crippen LogP contribution in [0.15, 0.2) is 30.3 Å². The molecule has 0 radical (unpaired) electrons. The summed E-state index contributed by atoms with van der Waals surface area (Å²) in [6, 6.07) is 7.33. The molecule has 1 aliphatic rings. The van der Waals surface area contributed by atoms with Crippen molar-refractivity contribution < 1.29 is 32.9 Å². The van der Waals surface area contributed by atoms with Gasteiger partial charge in [0.2, 0.25) is 0 Å². The van der Waals surface area contributed by atoms with Crippen LogP contribution in [0.4, 0.5) is 13.2 Å². The molecule has 0 aromatic heterocycles. The highest BCUT2D eigenvalue weighted by molar-refractivity contribution is 5.67. The molecule has 0 bridgehead atoms. The third-order valence-corrected chi connectivity index (χ3v) is 6.41. The minimum absolute atomic E-state index is 0.0416. The Balaban J connectivity index is 1.57. The van der Waals surface area contributed by atoms with E-state index in [1.165, 1.54) is 0 Å². The van der Waals surface area contributed by atoms with E-state index in [2.05, 4.69) is 4.90 Å². The Kier molecular flexibility index (Phi) is 9.10. The van der Waals surface area contributed by atoms with Crippen molar-refractivity contribution in [2.75, 3.05) is 19.7 Å². The third-order valence-electron chi connectivity index (χ3n) is 6.41. The van der Waals surface area contributed by atoms with Crippen LogP contribution in [-0.4, -0.2) is 52.9 Å². The van der Waals surface area contributed by atoms with Crippen molar-refractivity contribution in [3.05, 3.63) is 70.0 Å². The van der Waals surface area contributed by atoms with Gasteiger partial charge in [-0.2, -0.15) is 0 Å². The number of carbonyl (C=O) groups is 1. The lowest BCUT2D eigenvalue weighted by Gasteiger charge is -2.28. The average molecular weight is 480 g/mol. The van der Waals surface area contributed by atoms with Gasteiger partial charge in [-0.3, -0.25) is 9.69 Å². The fraction of sp³-hybridized carbons (Fsp3) is 0.500. The normalized spacial score (nSPS) is 18.2. The van der Waals surface area contributed by atoms with E-state index in [9.17, 15) is 23.1 Å². The van der Waals surface area contributed by atoms with Crippen LogP contribution < -0.4 is 0 Å². The van der Waals surface area contributed by atoms with Crippen LogP contribution in [0.5, 0.6) is 0 Å². The summed E-state index contributed by atoms with van der Waals surface area (Å²) in [5.74, 6) is -2.87. The van der Waals surface area contributed by atoms with E-state index in [4.69, 9.17) is 9.84 Å². The molecule has 8 heteroatoms. The van der Waals surface area contributed by atoms with Gasteiger partial charge in [0, 0.05) is 25.1 Å². The first-order chi connectivity index (χ1) is 16.1. The molecule has 2 aromatic rings. The first-order valence-corrected chi connectivity index (χ1v) is 11.6. The Hall–Kier alpha value is -2.42. The number of ether oxygens (including phenoxy) is 1. The second-order valence-corrected chi connectivity index (χ2v) is 9.06. The first kappa shape index (κ1) is 26.2. The molecule has 2 aromatic carbocycles. The molecular formula is C26H32F3NO4. The Bertz CT molecular complexity index is 1000. The van der Waals surface area contributed by atoms with Gasteiger partial charge in [0.25, 0.3) is 0 Å². The third kappa shape index (κ3) is 7.04. The molecule has 34 heavy (non-hydrogen) atoms. The number of β-amino-alcohol motifs (C(OH)–C–C–N with tert-alkyl or cyclic N) is 1. The van der Waals surface area contributed by atoms with E-state index in [-0.39, 0.29) is 42.4 Å². The highest BCUT2D eigenvalue weighted by Crippen LogP contribution is 2.27. The molecule has 0 spiro atoms. The van der Waals surface area contributed by atoms with Gasteiger partial charge < -0.3 is 14.9 Å². The van der Waals surface area contributed by atoms with Crippen molar-refractivity contribution >= 4 is 5.97 Å². The summed E-state index contributed by atoms with van der Waals surface area (Å²) in [6.45, 7) is 4.50. The highest BCUT2D eigenvalue weighted by Gasteiger charge is 2.27. The average Bonchev–Trinajstić information content (AvgIpc) is 3.19. The topological polar surface area (TPSA) is 70.0 Å². The van der Waals surface area contributed by atoms with Gasteiger partial charge in [-0.25, -0.2) is 13.2 Å². The quantitative estimate of drug-likeness (QED) is 0.494. The smallest absolute Gasteiger partial charge is 0.303 e. The number of benzene rings is 2. The molecule has 0 saturated carbocycles. The van der Waals surface area contributed by atoms with Crippen molar-refractivity contribution in [1.82, 2.24) is 4.90 Å². The molecule has 3 atom stereocenters. The maximum absolute atomic E-state index is 14.3. The number of halogens is 3. The summed E-state index contributed by atoms with van der Waals surface area (Å²) < 4.78 is 47.7. The molecule has 1 heterocycles. The molecule has 0 amide bonds. The zero-order valence-corrected chi connectivity index (χ0v) is 19.6. The molecule has 3 rings (SSSR count). The fourth-order valence-electron chi connectivity index (χ4n) is 4.55. The van der Waals surface area contributed by atoms with Gasteiger partial charge in [-0.1, -0.05) is 12.1 Å². The lowest BCUT2D eigenvalue weighted by atomic mass is 9.98. The minimum atomic E-state index is -1.08. The predicted octanol–water partition coefficient (Wildman–Crippen LogP) is 4.58. The number of aliphatic hydroxyl groups is 1. The van der Waals surface area contributed by atoms with E-state index < -0.39 is 29.8 Å². The summed E-state index contributed by atoms with van der Waals surface area (Å²) in [6.07, 6.45) is 0.713. The number of carboxylic acid groups (broad SMARTS) is 1. The number of likely N-dealkylation sites (tertiary alicyclic amines) is 1. The molecule has 0 unspecified atom stereocenters. The van der Waals surface area contributed by atoms with Gasteiger partial charge in [0.05, 0.1) is 18.8 Å². The van der Waals surface area contributed by atoms with Crippen LogP contribution >= 0.6 is 0 Å². The summed E-state index contributed by atoms with van der Waals surface area (Å²) in [5.41, 5.74) is 1.88. The zero-order valence-electron chi connectivity index (χ0n) is 19.6. The molecule has 1 saturated heterocycles. The maximum atomic E-state index is 14.3. The summed E-state index contributed by atoms with van der Waals surface area (Å²) in [7, 11) is 0. The van der Waals surface area contributed by atoms with Crippen molar-refractivity contribution in [3.63, 3.8) is 0 Å². The van der Waals surface area contributed by atoms with E-state index in [0.29, 0.717) is 18.5 Å². The van der Waals surface area contributed by atoms with Crippen molar-refractivity contribution in [1.29, 1.82) is 0 Å². The van der Waals surface area contributed by atoms with Crippen LogP contribution in [0.1, 0.15) is 54.5 Å². The highest BCUT2D eigenvalue weighted by atomic mass is 19.1. The van der Waals surface area contributed by atoms with Gasteiger partial charge in [0.15, 0.2) is 0 Å². The summed E-state index contributed by atoms with van der Waals surface area (Å²) in [5, 5.41) is 19.5. The summed E-state index contributed by atoms with van der Waals surface area (Å²) in [4.78, 5) is 13.1. The second-order valence-electron chi connectivity index (χ2n) is 9.06. The standard InChI is InChI=1S/C26H32F3NO4/c1-16-5-6-18(11-24(16)28)10-20-4-3-9-30(20)14-21(31)15-34-17(2)23-12-19(27)13-25(29)22(23)7-8-26(32)33/h5-6,11-13,17,20-21,31H,3-4,7-10,14-15H2,1-2H3,(H,32,33)/t17-,20+,21-/m1/s1. The number of hydrogen-bond donors (Lipinski definition) is 2. The van der Waals surface area contributed by atoms with Crippen LogP contribution in [0.25, 0.3) is 0 Å². The van der Waals surface area contributed by atoms with Crippen molar-refractivity contribution in [2.45, 2.75) is 64.2 Å². The molecule has 2 N–H and O–H groups in total. The number of aliphatic carboxylic acids is 1. The first-order valence-electron chi connectivity index (χ1n) is 11.6. The number of hydrogen-bond acceptors (Lipinski definition) is 4. The van der Waals surface area contributed by atoms with E-state index >= 15 is 0 Å². The lowest BCUT2D eigenvalue weighted by molar-refractivity contribution is -0.136. The molecule has 1 fully saturated rings. The van der Waals surface area contributed by atoms with Gasteiger partial charge >= 0.3 is 5.97 Å². The van der Waals surface area contributed by atoms with E-state index in [1.807, 2.05) is 6.07 Å². The Morgan fingerprint density at radius 3 is 2.68 bits per heavy atom. The molecule has 1 aliphatic heterocycles. The van der Waals surface area contributed by atoms with Gasteiger partial charge in [0.1, 0.15) is 17.5 Å². The fourth-order valence-corrected chi connectivity index (χ4v) is 4.55. The number of aryl methyl sites for hydroxylation is 1. The van der Waals surface area contributed by atoms with Crippen LogP contribution in [0, 0.1) is 24.4 Å². The van der Waals surface area contributed by atoms with E-state index in [0.717, 1.165) is 37.1 Å². The van der Waals surface area contributed by atoms with Crippen molar-refractivity contribution in [3.8, 4) is 0 Å². The molecule has 0 aliphatic carbocycles. The zero-order chi connectivity index (χ0) is 24.8. The second kappa shape index (κ2) is 11.8. The van der Waals surface area contributed by atoms with Gasteiger partial charge in [-0.15, -0.1) is 0 Å². The van der Waals surface area contributed by atoms with Crippen LogP contribution in [0.2, 0.25) is 0 Å². The monoisotopic (exact) mass is 479 g/mol. The minimum Gasteiger partial charge on any atom is -0.481 e. The van der Waals surface area contributed by atoms with Crippen molar-refractivity contribution in [2.24, 2.45) is 0 Å². The molecule has 5 nitrogen and oxygen atoms in total. The largest absolute Gasteiger partial charge is 0.481 e. The Labute approximate surface area is 198 Å². The molecule has 186 valence electrons. The number of carboxylic acids is 1. The van der Waals surface area contributed by atoms with Gasteiger partial charge in [-0.05, 0) is 80.5 Å². The number of aliphatic hydroxyl groups excluding tert-OH is 1.